The maximum Gasteiger partial charge on any atom is 0.251 e. The van der Waals surface area contributed by atoms with Crippen LogP contribution in [0.25, 0.3) is 11.4 Å². The number of aromatic nitrogens is 3. The Balaban J connectivity index is 1.69. The Labute approximate surface area is 133 Å². The molecule has 0 amide bonds. The fraction of sp³-hybridized carbons (Fsp3) is 0.471. The zero-order valence-corrected chi connectivity index (χ0v) is 13.0. The van der Waals surface area contributed by atoms with Gasteiger partial charge in [-0.1, -0.05) is 0 Å². The number of aryl methyl sites for hydroxylation is 1. The molecule has 0 atom stereocenters. The van der Waals surface area contributed by atoms with Crippen molar-refractivity contribution >= 4 is 5.82 Å². The Hall–Kier alpha value is -2.11. The van der Waals surface area contributed by atoms with Crippen molar-refractivity contribution in [2.45, 2.75) is 32.1 Å². The molecule has 0 unspecified atom stereocenters. The number of alkyl halides is 2. The lowest BCUT2D eigenvalue weighted by Crippen LogP contribution is -2.54. The molecule has 0 N–H and O–H groups in total. The third kappa shape index (κ3) is 2.56. The van der Waals surface area contributed by atoms with E-state index < -0.39 is 11.8 Å². The highest BCUT2D eigenvalue weighted by atomic mass is 19.3. The third-order valence-electron chi connectivity index (χ3n) is 4.73. The minimum Gasteiger partial charge on any atom is -0.355 e. The summed E-state index contributed by atoms with van der Waals surface area (Å²) in [5.74, 6) is -1.73. The molecular weight excluding hydrogens is 298 g/mol. The minimum absolute atomic E-state index is 0.361. The molecule has 0 spiro atoms. The van der Waals surface area contributed by atoms with Crippen LogP contribution < -0.4 is 4.90 Å². The van der Waals surface area contributed by atoms with Crippen LogP contribution in [0.1, 0.15) is 24.6 Å². The summed E-state index contributed by atoms with van der Waals surface area (Å²) < 4.78 is 26.8. The van der Waals surface area contributed by atoms with Gasteiger partial charge in [0.1, 0.15) is 5.82 Å². The lowest BCUT2D eigenvalue weighted by molar-refractivity contribution is -0.0501. The van der Waals surface area contributed by atoms with Crippen molar-refractivity contribution in [1.82, 2.24) is 15.0 Å². The van der Waals surface area contributed by atoms with Crippen LogP contribution in [0, 0.1) is 5.92 Å². The predicted octanol–water partition coefficient (Wildman–Crippen LogP) is 3.12. The molecule has 1 saturated heterocycles. The molecule has 2 aromatic rings. The SMILES string of the molecule is CC(F)(F)C1CN(c2nc(-c3cccnc3)nc3c2CCC3)C1. The average molecular weight is 316 g/mol. The first-order valence-corrected chi connectivity index (χ1v) is 7.95. The van der Waals surface area contributed by atoms with Crippen molar-refractivity contribution in [3.05, 3.63) is 35.8 Å². The Kier molecular flexibility index (Phi) is 3.28. The molecule has 23 heavy (non-hydrogen) atoms. The lowest BCUT2D eigenvalue weighted by Gasteiger charge is -2.43. The van der Waals surface area contributed by atoms with Gasteiger partial charge in [0, 0.05) is 42.3 Å². The summed E-state index contributed by atoms with van der Waals surface area (Å²) in [7, 11) is 0. The Morgan fingerprint density at radius 2 is 2.04 bits per heavy atom. The number of halogens is 2. The normalized spacial score (nSPS) is 18.0. The summed E-state index contributed by atoms with van der Waals surface area (Å²) in [6, 6.07) is 3.77. The van der Waals surface area contributed by atoms with Crippen molar-refractivity contribution in [2.75, 3.05) is 18.0 Å². The quantitative estimate of drug-likeness (QED) is 0.872. The molecule has 0 aromatic carbocycles. The Morgan fingerprint density at radius 3 is 2.74 bits per heavy atom. The molecule has 1 aliphatic carbocycles. The van der Waals surface area contributed by atoms with E-state index >= 15 is 0 Å². The molecule has 1 fully saturated rings. The average Bonchev–Trinajstić information content (AvgIpc) is 2.93. The number of hydrogen-bond donors (Lipinski definition) is 0. The van der Waals surface area contributed by atoms with Crippen LogP contribution >= 0.6 is 0 Å². The van der Waals surface area contributed by atoms with Gasteiger partial charge in [-0.15, -0.1) is 0 Å². The van der Waals surface area contributed by atoms with Crippen LogP contribution in [0.2, 0.25) is 0 Å². The van der Waals surface area contributed by atoms with Crippen molar-refractivity contribution in [1.29, 1.82) is 0 Å². The molecule has 0 bridgehead atoms. The molecule has 120 valence electrons. The fourth-order valence-electron chi connectivity index (χ4n) is 3.27. The first kappa shape index (κ1) is 14.5. The molecule has 6 heteroatoms. The van der Waals surface area contributed by atoms with E-state index in [4.69, 9.17) is 0 Å². The Bertz CT molecular complexity index is 721. The van der Waals surface area contributed by atoms with Gasteiger partial charge >= 0.3 is 0 Å². The Morgan fingerprint density at radius 1 is 1.22 bits per heavy atom. The molecule has 2 aromatic heterocycles. The van der Waals surface area contributed by atoms with Gasteiger partial charge in [-0.05, 0) is 38.3 Å². The number of nitrogens with zero attached hydrogens (tertiary/aromatic N) is 4. The monoisotopic (exact) mass is 316 g/mol. The number of hydrogen-bond acceptors (Lipinski definition) is 4. The zero-order valence-electron chi connectivity index (χ0n) is 13.0. The second kappa shape index (κ2) is 5.22. The van der Waals surface area contributed by atoms with Gasteiger partial charge in [-0.3, -0.25) is 4.98 Å². The summed E-state index contributed by atoms with van der Waals surface area (Å²) in [6.07, 6.45) is 6.36. The van der Waals surface area contributed by atoms with Gasteiger partial charge < -0.3 is 4.90 Å². The first-order valence-electron chi connectivity index (χ1n) is 7.95. The minimum atomic E-state index is -2.63. The smallest absolute Gasteiger partial charge is 0.251 e. The lowest BCUT2D eigenvalue weighted by atomic mass is 9.93. The van der Waals surface area contributed by atoms with E-state index in [9.17, 15) is 8.78 Å². The molecule has 2 aliphatic rings. The van der Waals surface area contributed by atoms with Crippen molar-refractivity contribution in [3.63, 3.8) is 0 Å². The highest BCUT2D eigenvalue weighted by molar-refractivity contribution is 5.61. The summed E-state index contributed by atoms with van der Waals surface area (Å²) in [5.41, 5.74) is 3.05. The van der Waals surface area contributed by atoms with Crippen LogP contribution in [0.5, 0.6) is 0 Å². The molecule has 4 rings (SSSR count). The van der Waals surface area contributed by atoms with Gasteiger partial charge in [0.05, 0.1) is 5.92 Å². The molecule has 4 nitrogen and oxygen atoms in total. The summed E-state index contributed by atoms with van der Waals surface area (Å²) in [5, 5.41) is 0. The summed E-state index contributed by atoms with van der Waals surface area (Å²) >= 11 is 0. The van der Waals surface area contributed by atoms with Crippen LogP contribution in [0.15, 0.2) is 24.5 Å². The fourth-order valence-corrected chi connectivity index (χ4v) is 3.27. The zero-order chi connectivity index (χ0) is 16.0. The van der Waals surface area contributed by atoms with E-state index in [0.29, 0.717) is 18.9 Å². The largest absolute Gasteiger partial charge is 0.355 e. The molecule has 3 heterocycles. The van der Waals surface area contributed by atoms with Crippen molar-refractivity contribution in [3.8, 4) is 11.4 Å². The van der Waals surface area contributed by atoms with Crippen molar-refractivity contribution < 1.29 is 8.78 Å². The van der Waals surface area contributed by atoms with Crippen molar-refractivity contribution in [2.24, 2.45) is 5.92 Å². The first-order chi connectivity index (χ1) is 11.0. The summed E-state index contributed by atoms with van der Waals surface area (Å²) in [4.78, 5) is 15.4. The van der Waals surface area contributed by atoms with Crippen LogP contribution in [-0.2, 0) is 12.8 Å². The highest BCUT2D eigenvalue weighted by Gasteiger charge is 2.44. The van der Waals surface area contributed by atoms with Gasteiger partial charge in [-0.25, -0.2) is 18.7 Å². The van der Waals surface area contributed by atoms with Crippen LogP contribution in [0.4, 0.5) is 14.6 Å². The standard InChI is InChI=1S/C17H18F2N4/c1-17(18,19)12-9-23(10-12)16-13-5-2-6-14(13)21-15(22-16)11-4-3-7-20-8-11/h3-4,7-8,12H,2,5-6,9-10H2,1H3. The highest BCUT2D eigenvalue weighted by Crippen LogP contribution is 2.38. The maximum absolute atomic E-state index is 13.4. The molecule has 0 saturated carbocycles. The number of fused-ring (bicyclic) bond motifs is 1. The van der Waals surface area contributed by atoms with Crippen LogP contribution in [0.3, 0.4) is 0 Å². The maximum atomic E-state index is 13.4. The van der Waals surface area contributed by atoms with E-state index in [1.54, 1.807) is 12.4 Å². The van der Waals surface area contributed by atoms with E-state index in [0.717, 1.165) is 48.8 Å². The topological polar surface area (TPSA) is 41.9 Å². The number of rotatable bonds is 3. The predicted molar refractivity (Wildman–Crippen MR) is 83.6 cm³/mol. The van der Waals surface area contributed by atoms with E-state index in [2.05, 4.69) is 15.0 Å². The number of pyridine rings is 1. The van der Waals surface area contributed by atoms with Gasteiger partial charge in [0.15, 0.2) is 5.82 Å². The van der Waals surface area contributed by atoms with Gasteiger partial charge in [0.25, 0.3) is 5.92 Å². The van der Waals surface area contributed by atoms with E-state index in [-0.39, 0.29) is 0 Å². The second-order valence-corrected chi connectivity index (χ2v) is 6.45. The second-order valence-electron chi connectivity index (χ2n) is 6.45. The van der Waals surface area contributed by atoms with E-state index in [1.165, 1.54) is 0 Å². The summed E-state index contributed by atoms with van der Waals surface area (Å²) in [6.45, 7) is 1.72. The van der Waals surface area contributed by atoms with E-state index in [1.807, 2.05) is 17.0 Å². The molecule has 0 radical (unpaired) electrons. The van der Waals surface area contributed by atoms with Gasteiger partial charge in [-0.2, -0.15) is 0 Å². The molecule has 1 aliphatic heterocycles. The third-order valence-corrected chi connectivity index (χ3v) is 4.73. The number of anilines is 1. The molecular formula is C17H18F2N4. The van der Waals surface area contributed by atoms with Crippen LogP contribution in [-0.4, -0.2) is 34.0 Å². The van der Waals surface area contributed by atoms with Gasteiger partial charge in [0.2, 0.25) is 0 Å².